The molecule has 10 rings (SSSR count). The maximum absolute atomic E-state index is 6.65. The van der Waals surface area contributed by atoms with Crippen LogP contribution < -0.4 is 0 Å². The molecule has 0 spiro atoms. The van der Waals surface area contributed by atoms with Crippen molar-refractivity contribution in [2.45, 2.75) is 0 Å². The van der Waals surface area contributed by atoms with Gasteiger partial charge in [-0.1, -0.05) is 170 Å². The summed E-state index contributed by atoms with van der Waals surface area (Å²) in [7, 11) is 0. The molecular formula is C48H30O. The van der Waals surface area contributed by atoms with Gasteiger partial charge in [-0.2, -0.15) is 0 Å². The Morgan fingerprint density at radius 2 is 0.796 bits per heavy atom. The van der Waals surface area contributed by atoms with Gasteiger partial charge < -0.3 is 4.42 Å². The van der Waals surface area contributed by atoms with Crippen molar-refractivity contribution in [3.8, 4) is 44.5 Å². The Morgan fingerprint density at radius 3 is 1.49 bits per heavy atom. The van der Waals surface area contributed by atoms with Crippen LogP contribution >= 0.6 is 0 Å². The van der Waals surface area contributed by atoms with E-state index in [4.69, 9.17) is 4.42 Å². The maximum atomic E-state index is 6.65. The van der Waals surface area contributed by atoms with E-state index in [1.54, 1.807) is 0 Å². The van der Waals surface area contributed by atoms with E-state index in [1.165, 1.54) is 71.4 Å². The van der Waals surface area contributed by atoms with E-state index in [0.717, 1.165) is 27.3 Å². The second-order valence-electron chi connectivity index (χ2n) is 12.8. The number of rotatable bonds is 4. The van der Waals surface area contributed by atoms with E-state index in [0.29, 0.717) is 0 Å². The van der Waals surface area contributed by atoms with Gasteiger partial charge in [0.05, 0.1) is 0 Å². The molecule has 0 fully saturated rings. The molecule has 10 aromatic rings. The minimum atomic E-state index is 0.908. The largest absolute Gasteiger partial charge is 0.455 e. The summed E-state index contributed by atoms with van der Waals surface area (Å²) in [6.07, 6.45) is 0. The monoisotopic (exact) mass is 622 g/mol. The van der Waals surface area contributed by atoms with Crippen molar-refractivity contribution in [2.24, 2.45) is 0 Å². The third-order valence-electron chi connectivity index (χ3n) is 10.1. The molecule has 9 aromatic carbocycles. The Hall–Kier alpha value is -6.44. The van der Waals surface area contributed by atoms with Crippen molar-refractivity contribution in [1.82, 2.24) is 0 Å². The van der Waals surface area contributed by atoms with Gasteiger partial charge in [-0.25, -0.2) is 0 Å². The molecule has 0 N–H and O–H groups in total. The summed E-state index contributed by atoms with van der Waals surface area (Å²) in [4.78, 5) is 0. The first kappa shape index (κ1) is 27.7. The average molecular weight is 623 g/mol. The molecule has 0 aliphatic rings. The molecule has 0 aliphatic carbocycles. The first-order valence-corrected chi connectivity index (χ1v) is 16.9. The van der Waals surface area contributed by atoms with Crippen LogP contribution in [0.15, 0.2) is 186 Å². The molecular weight excluding hydrogens is 593 g/mol. The molecule has 0 unspecified atom stereocenters. The Kier molecular flexibility index (Phi) is 6.25. The molecule has 1 heterocycles. The highest BCUT2D eigenvalue weighted by atomic mass is 16.3. The predicted molar refractivity (Wildman–Crippen MR) is 208 cm³/mol. The van der Waals surface area contributed by atoms with Gasteiger partial charge in [-0.3, -0.25) is 0 Å². The highest BCUT2D eigenvalue weighted by Gasteiger charge is 2.22. The molecule has 49 heavy (non-hydrogen) atoms. The summed E-state index contributed by atoms with van der Waals surface area (Å²) in [6.45, 7) is 0. The SMILES string of the molecule is c1ccc(-c2ccc(-c3ccccc3-c3c4ccccc4c(-c4cccc5oc6c7ccccc7ccc6c45)c4ccccc34)cc2)cc1. The van der Waals surface area contributed by atoms with Crippen molar-refractivity contribution in [2.75, 3.05) is 0 Å². The van der Waals surface area contributed by atoms with Gasteiger partial charge in [0.1, 0.15) is 11.2 Å². The summed E-state index contributed by atoms with van der Waals surface area (Å²) in [5, 5.41) is 9.56. The van der Waals surface area contributed by atoms with Crippen LogP contribution in [0.4, 0.5) is 0 Å². The van der Waals surface area contributed by atoms with E-state index in [9.17, 15) is 0 Å². The number of hydrogen-bond donors (Lipinski definition) is 0. The zero-order valence-electron chi connectivity index (χ0n) is 26.7. The molecule has 0 saturated carbocycles. The van der Waals surface area contributed by atoms with Crippen molar-refractivity contribution < 1.29 is 4.42 Å². The predicted octanol–water partition coefficient (Wildman–Crippen LogP) is 13.7. The zero-order valence-corrected chi connectivity index (χ0v) is 26.7. The minimum Gasteiger partial charge on any atom is -0.455 e. The molecule has 0 bridgehead atoms. The van der Waals surface area contributed by atoms with Gasteiger partial charge in [0.25, 0.3) is 0 Å². The summed E-state index contributed by atoms with van der Waals surface area (Å²) in [5.41, 5.74) is 11.6. The minimum absolute atomic E-state index is 0.908. The number of furan rings is 1. The van der Waals surface area contributed by atoms with E-state index < -0.39 is 0 Å². The van der Waals surface area contributed by atoms with Gasteiger partial charge in [0.15, 0.2) is 0 Å². The van der Waals surface area contributed by atoms with E-state index in [1.807, 2.05) is 0 Å². The third kappa shape index (κ3) is 4.33. The zero-order chi connectivity index (χ0) is 32.3. The van der Waals surface area contributed by atoms with Crippen LogP contribution in [-0.2, 0) is 0 Å². The number of fused-ring (bicyclic) bond motifs is 7. The van der Waals surface area contributed by atoms with Crippen LogP contribution in [0.5, 0.6) is 0 Å². The van der Waals surface area contributed by atoms with E-state index in [-0.39, 0.29) is 0 Å². The summed E-state index contributed by atoms with van der Waals surface area (Å²) in [6, 6.07) is 65.7. The quantitative estimate of drug-likeness (QED) is 0.178. The fraction of sp³-hybridized carbons (Fsp3) is 0. The molecule has 0 atom stereocenters. The fourth-order valence-electron chi connectivity index (χ4n) is 7.90. The van der Waals surface area contributed by atoms with Gasteiger partial charge in [-0.05, 0) is 83.6 Å². The highest BCUT2D eigenvalue weighted by molar-refractivity contribution is 6.27. The first-order valence-electron chi connectivity index (χ1n) is 16.9. The summed E-state index contributed by atoms with van der Waals surface area (Å²) in [5.74, 6) is 0. The Labute approximate surface area is 284 Å². The van der Waals surface area contributed by atoms with Crippen LogP contribution in [0.2, 0.25) is 0 Å². The Balaban J connectivity index is 1.25. The molecule has 1 heteroatoms. The van der Waals surface area contributed by atoms with Crippen LogP contribution in [0.3, 0.4) is 0 Å². The molecule has 0 amide bonds. The normalized spacial score (nSPS) is 11.7. The Morgan fingerprint density at radius 1 is 0.286 bits per heavy atom. The fourth-order valence-corrected chi connectivity index (χ4v) is 7.90. The van der Waals surface area contributed by atoms with Gasteiger partial charge in [0, 0.05) is 16.2 Å². The number of benzene rings is 9. The van der Waals surface area contributed by atoms with Gasteiger partial charge in [-0.15, -0.1) is 0 Å². The maximum Gasteiger partial charge on any atom is 0.143 e. The van der Waals surface area contributed by atoms with Crippen molar-refractivity contribution in [1.29, 1.82) is 0 Å². The van der Waals surface area contributed by atoms with Crippen LogP contribution in [-0.4, -0.2) is 0 Å². The Bertz CT molecular complexity index is 2800. The lowest BCUT2D eigenvalue weighted by Crippen LogP contribution is -1.93. The lowest BCUT2D eigenvalue weighted by Gasteiger charge is -2.20. The molecule has 0 radical (unpaired) electrons. The van der Waals surface area contributed by atoms with Crippen molar-refractivity contribution >= 4 is 54.3 Å². The molecule has 1 aromatic heterocycles. The summed E-state index contributed by atoms with van der Waals surface area (Å²) < 4.78 is 6.65. The van der Waals surface area contributed by atoms with Crippen LogP contribution in [0.1, 0.15) is 0 Å². The third-order valence-corrected chi connectivity index (χ3v) is 10.1. The van der Waals surface area contributed by atoms with E-state index in [2.05, 4.69) is 182 Å². The topological polar surface area (TPSA) is 13.1 Å². The van der Waals surface area contributed by atoms with Crippen molar-refractivity contribution in [3.05, 3.63) is 182 Å². The van der Waals surface area contributed by atoms with Crippen LogP contribution in [0.25, 0.3) is 98.8 Å². The number of hydrogen-bond acceptors (Lipinski definition) is 1. The highest BCUT2D eigenvalue weighted by Crippen LogP contribution is 2.48. The summed E-state index contributed by atoms with van der Waals surface area (Å²) >= 11 is 0. The standard InChI is InChI=1S/C48H30O/c1-2-13-31(14-3-1)32-25-27-34(28-26-32)35-16-6-7-18-37(35)45-38-19-8-10-21-40(38)46(41-22-11-9-20-39(41)45)42-23-12-24-44-47(42)43-30-29-33-15-4-5-17-36(33)48(43)49-44/h1-30H. The average Bonchev–Trinajstić information content (AvgIpc) is 3.57. The molecule has 1 nitrogen and oxygen atoms in total. The van der Waals surface area contributed by atoms with Gasteiger partial charge in [0.2, 0.25) is 0 Å². The van der Waals surface area contributed by atoms with Crippen LogP contribution in [0, 0.1) is 0 Å². The van der Waals surface area contributed by atoms with Crippen molar-refractivity contribution in [3.63, 3.8) is 0 Å². The smallest absolute Gasteiger partial charge is 0.143 e. The lowest BCUT2D eigenvalue weighted by atomic mass is 9.83. The second-order valence-corrected chi connectivity index (χ2v) is 12.8. The van der Waals surface area contributed by atoms with Gasteiger partial charge >= 0.3 is 0 Å². The first-order chi connectivity index (χ1) is 24.3. The lowest BCUT2D eigenvalue weighted by molar-refractivity contribution is 0.673. The molecule has 0 saturated heterocycles. The second kappa shape index (κ2) is 11.1. The molecule has 0 aliphatic heterocycles. The van der Waals surface area contributed by atoms with E-state index >= 15 is 0 Å². The molecule has 228 valence electrons.